The Morgan fingerprint density at radius 2 is 1.38 bits per heavy atom. The molecule has 4 heterocycles. The highest BCUT2D eigenvalue weighted by molar-refractivity contribution is 6.34. The second-order valence-corrected chi connectivity index (χ2v) is 14.0. The number of fused-ring (bicyclic) bond motifs is 6. The van der Waals surface area contributed by atoms with Gasteiger partial charge in [0.1, 0.15) is 17.7 Å². The Morgan fingerprint density at radius 3 is 2.15 bits per heavy atom. The minimum Gasteiger partial charge on any atom is -0.358 e. The largest absolute Gasteiger partial charge is 0.358 e. The highest BCUT2D eigenvalue weighted by Crippen LogP contribution is 2.38. The lowest BCUT2D eigenvalue weighted by molar-refractivity contribution is 0.828. The molecule has 7 nitrogen and oxygen atoms in total. The van der Waals surface area contributed by atoms with Gasteiger partial charge < -0.3 is 25.2 Å². The zero-order chi connectivity index (χ0) is 35.3. The molecule has 0 saturated carbocycles. The minimum absolute atomic E-state index is 0.440. The maximum absolute atomic E-state index is 8.37. The van der Waals surface area contributed by atoms with Crippen LogP contribution in [-0.2, 0) is 19.3 Å². The summed E-state index contributed by atoms with van der Waals surface area (Å²) >= 11 is 0. The van der Waals surface area contributed by atoms with Crippen LogP contribution in [0.1, 0.15) is 64.2 Å². The third-order valence-corrected chi connectivity index (χ3v) is 11.0. The van der Waals surface area contributed by atoms with Gasteiger partial charge in [-0.3, -0.25) is 0 Å². The number of hydrogen-bond acceptors (Lipinski definition) is 5. The SMILES string of the molecule is N=CC1=NC(c2ccc(-n3c4c(c5c3CCC=C5)CCC=C4)cc2)=C(c2ccc(-n3c4c(c5ccccc53)C=CCC4)cc2)NC1Nc1ccccn1. The molecule has 6 aromatic rings. The van der Waals surface area contributed by atoms with E-state index in [0.29, 0.717) is 11.5 Å². The molecule has 4 aliphatic rings. The van der Waals surface area contributed by atoms with E-state index >= 15 is 0 Å². The molecule has 0 fully saturated rings. The van der Waals surface area contributed by atoms with Crippen molar-refractivity contribution >= 4 is 58.3 Å². The summed E-state index contributed by atoms with van der Waals surface area (Å²) in [5.41, 5.74) is 16.1. The Hall–Kier alpha value is -6.47. The molecular weight excluding hydrogens is 651 g/mol. The van der Waals surface area contributed by atoms with Gasteiger partial charge in [0.05, 0.1) is 16.9 Å². The fourth-order valence-corrected chi connectivity index (χ4v) is 8.53. The fraction of sp³-hybridized carbons (Fsp3) is 0.152. The quantitative estimate of drug-likeness (QED) is 0.146. The van der Waals surface area contributed by atoms with Crippen LogP contribution in [0.15, 0.2) is 120 Å². The van der Waals surface area contributed by atoms with Crippen LogP contribution in [0.25, 0.3) is 51.9 Å². The van der Waals surface area contributed by atoms with E-state index in [2.05, 4.69) is 134 Å². The summed E-state index contributed by atoms with van der Waals surface area (Å²) in [6, 6.07) is 32.1. The van der Waals surface area contributed by atoms with Gasteiger partial charge in [-0.05, 0) is 98.2 Å². The molecule has 3 aliphatic carbocycles. The van der Waals surface area contributed by atoms with Crippen LogP contribution in [0.5, 0.6) is 0 Å². The molecule has 0 saturated heterocycles. The van der Waals surface area contributed by atoms with Gasteiger partial charge >= 0.3 is 0 Å². The molecule has 3 N–H and O–H groups in total. The summed E-state index contributed by atoms with van der Waals surface area (Å²) in [5.74, 6) is 0.711. The first kappa shape index (κ1) is 31.3. The molecule has 3 aromatic carbocycles. The Labute approximate surface area is 309 Å². The molecule has 1 unspecified atom stereocenters. The van der Waals surface area contributed by atoms with Crippen LogP contribution < -0.4 is 10.6 Å². The predicted molar refractivity (Wildman–Crippen MR) is 219 cm³/mol. The molecule has 53 heavy (non-hydrogen) atoms. The molecule has 258 valence electrons. The second-order valence-electron chi connectivity index (χ2n) is 14.0. The fourth-order valence-electron chi connectivity index (χ4n) is 8.53. The minimum atomic E-state index is -0.440. The molecule has 0 bridgehead atoms. The number of aliphatic imine (C=N–C) groups is 1. The van der Waals surface area contributed by atoms with Gasteiger partial charge in [0.2, 0.25) is 0 Å². The zero-order valence-electron chi connectivity index (χ0n) is 29.4. The normalized spacial score (nSPS) is 17.2. The monoisotopic (exact) mass is 689 g/mol. The first-order valence-electron chi connectivity index (χ1n) is 18.6. The zero-order valence-corrected chi connectivity index (χ0v) is 29.4. The third-order valence-electron chi connectivity index (χ3n) is 11.0. The molecule has 0 amide bonds. The maximum Gasteiger partial charge on any atom is 0.143 e. The van der Waals surface area contributed by atoms with E-state index in [0.717, 1.165) is 72.4 Å². The lowest BCUT2D eigenvalue weighted by Gasteiger charge is -2.29. The van der Waals surface area contributed by atoms with Crippen LogP contribution in [0, 0.1) is 5.41 Å². The number of hydrogen-bond donors (Lipinski definition) is 3. The maximum atomic E-state index is 8.37. The first-order valence-corrected chi connectivity index (χ1v) is 18.6. The standard InChI is InChI=1S/C46H39N7/c47-29-38-46(50-43-19-9-10-28-48-43)51-45(31-22-26-33(27-23-31)53-41-17-7-3-13-36(41)37-14-4-8-18-42(37)53)44(49-38)30-20-24-32(25-21-30)52-39-15-5-1-11-34(39)35-12-2-6-16-40(35)52/h1,3-4,6-7,9-11,13-14,16-17,19-29,46-47,51H,2,5,8,12,15,18H2,(H,48,50). The van der Waals surface area contributed by atoms with Crippen molar-refractivity contribution in [3.8, 4) is 11.4 Å². The number of nitrogens with zero attached hydrogens (tertiary/aromatic N) is 4. The summed E-state index contributed by atoms with van der Waals surface area (Å²) in [6.07, 6.45) is 22.8. The van der Waals surface area contributed by atoms with Gasteiger partial charge in [-0.1, -0.05) is 78.9 Å². The average molecular weight is 690 g/mol. The Morgan fingerprint density at radius 1 is 0.698 bits per heavy atom. The van der Waals surface area contributed by atoms with E-state index in [1.165, 1.54) is 50.9 Å². The number of benzene rings is 3. The van der Waals surface area contributed by atoms with Gasteiger partial charge in [0.15, 0.2) is 0 Å². The lowest BCUT2D eigenvalue weighted by atomic mass is 9.96. The van der Waals surface area contributed by atoms with Crippen LogP contribution in [-0.4, -0.2) is 32.2 Å². The van der Waals surface area contributed by atoms with E-state index < -0.39 is 6.17 Å². The van der Waals surface area contributed by atoms with E-state index in [1.807, 2.05) is 18.2 Å². The number of allylic oxidation sites excluding steroid dienone is 3. The molecule has 10 rings (SSSR count). The van der Waals surface area contributed by atoms with Crippen LogP contribution >= 0.6 is 0 Å². The summed E-state index contributed by atoms with van der Waals surface area (Å²) in [4.78, 5) is 9.67. The number of pyridine rings is 1. The predicted octanol–water partition coefficient (Wildman–Crippen LogP) is 9.65. The van der Waals surface area contributed by atoms with Gasteiger partial charge in [-0.2, -0.15) is 0 Å². The number of rotatable bonds is 7. The highest BCUT2D eigenvalue weighted by atomic mass is 15.2. The van der Waals surface area contributed by atoms with E-state index in [1.54, 1.807) is 6.20 Å². The smallest absolute Gasteiger partial charge is 0.143 e. The third kappa shape index (κ3) is 5.30. The molecular formula is C46H39N7. The Balaban J connectivity index is 1.07. The summed E-state index contributed by atoms with van der Waals surface area (Å²) in [5, 5.41) is 16.9. The van der Waals surface area contributed by atoms with Gasteiger partial charge in [0, 0.05) is 62.9 Å². The summed E-state index contributed by atoms with van der Waals surface area (Å²) in [7, 11) is 0. The van der Waals surface area contributed by atoms with Crippen LogP contribution in [0.3, 0.4) is 0 Å². The topological polar surface area (TPSA) is 83.0 Å². The van der Waals surface area contributed by atoms with Crippen molar-refractivity contribution in [3.05, 3.63) is 160 Å². The molecule has 1 aliphatic heterocycles. The van der Waals surface area contributed by atoms with Crippen LogP contribution in [0.4, 0.5) is 5.82 Å². The first-order chi connectivity index (χ1) is 26.2. The molecule has 7 heteroatoms. The average Bonchev–Trinajstić information content (AvgIpc) is 3.74. The van der Waals surface area contributed by atoms with Gasteiger partial charge in [-0.25, -0.2) is 9.98 Å². The van der Waals surface area contributed by atoms with Crippen molar-refractivity contribution in [1.82, 2.24) is 19.4 Å². The van der Waals surface area contributed by atoms with Gasteiger partial charge in [-0.15, -0.1) is 0 Å². The molecule has 0 radical (unpaired) electrons. The van der Waals surface area contributed by atoms with Crippen molar-refractivity contribution in [2.45, 2.75) is 44.7 Å². The summed E-state index contributed by atoms with van der Waals surface area (Å²) < 4.78 is 4.87. The van der Waals surface area contributed by atoms with Crippen LogP contribution in [0.2, 0.25) is 0 Å². The van der Waals surface area contributed by atoms with Crippen molar-refractivity contribution < 1.29 is 0 Å². The Kier molecular flexibility index (Phi) is 7.64. The van der Waals surface area contributed by atoms with Crippen molar-refractivity contribution in [3.63, 3.8) is 0 Å². The number of anilines is 1. The second kappa shape index (κ2) is 12.9. The van der Waals surface area contributed by atoms with E-state index in [-0.39, 0.29) is 0 Å². The number of para-hydroxylation sites is 1. The van der Waals surface area contributed by atoms with Crippen molar-refractivity contribution in [1.29, 1.82) is 5.41 Å². The summed E-state index contributed by atoms with van der Waals surface area (Å²) in [6.45, 7) is 0. The van der Waals surface area contributed by atoms with Gasteiger partial charge in [0.25, 0.3) is 0 Å². The van der Waals surface area contributed by atoms with E-state index in [4.69, 9.17) is 10.4 Å². The highest BCUT2D eigenvalue weighted by Gasteiger charge is 2.27. The lowest BCUT2D eigenvalue weighted by Crippen LogP contribution is -2.45. The molecule has 1 atom stereocenters. The number of aromatic nitrogens is 3. The molecule has 3 aromatic heterocycles. The van der Waals surface area contributed by atoms with E-state index in [9.17, 15) is 0 Å². The Bertz CT molecular complexity index is 2560. The number of nitrogens with one attached hydrogen (secondary N) is 3. The van der Waals surface area contributed by atoms with Crippen molar-refractivity contribution in [2.75, 3.05) is 5.32 Å². The van der Waals surface area contributed by atoms with Crippen molar-refractivity contribution in [2.24, 2.45) is 4.99 Å². The molecule has 0 spiro atoms.